The third kappa shape index (κ3) is 0.387. The highest BCUT2D eigenvalue weighted by Gasteiger charge is 2.56. The van der Waals surface area contributed by atoms with Gasteiger partial charge in [0.1, 0.15) is 0 Å². The third-order valence-electron chi connectivity index (χ3n) is 3.53. The number of hydrogen-bond donors (Lipinski definition) is 0. The van der Waals surface area contributed by atoms with Crippen molar-refractivity contribution in [1.29, 1.82) is 0 Å². The number of rotatable bonds is 0. The van der Waals surface area contributed by atoms with E-state index < -0.39 is 0 Å². The summed E-state index contributed by atoms with van der Waals surface area (Å²) in [7, 11) is 0. The fraction of sp³-hybridized carbons (Fsp3) is 0.600. The minimum Gasteiger partial charge on any atom is -0.0955 e. The van der Waals surface area contributed by atoms with Gasteiger partial charge >= 0.3 is 0 Å². The minimum atomic E-state index is 0.421. The maximum Gasteiger partial charge on any atom is -0.000868 e. The summed E-state index contributed by atoms with van der Waals surface area (Å²) in [5.41, 5.74) is 3.74. The van der Waals surface area contributed by atoms with Crippen molar-refractivity contribution >= 4 is 0 Å². The lowest BCUT2D eigenvalue weighted by atomic mass is 9.59. The summed E-state index contributed by atoms with van der Waals surface area (Å²) in [5, 5.41) is 0. The molecule has 0 aromatic carbocycles. The Morgan fingerprint density at radius 1 is 1.40 bits per heavy atom. The van der Waals surface area contributed by atoms with Gasteiger partial charge < -0.3 is 0 Å². The monoisotopic (exact) mass is 134 g/mol. The van der Waals surface area contributed by atoms with E-state index >= 15 is 0 Å². The lowest BCUT2D eigenvalue weighted by molar-refractivity contribution is 0.188. The molecule has 1 atom stereocenters. The molecule has 0 saturated heterocycles. The standard InChI is InChI=1S/C10H14/c1-7-5-10(4)6-8(7)9(10,2)3/h6H,1,5H2,2-4H3/t10-/m1/s1. The van der Waals surface area contributed by atoms with Crippen molar-refractivity contribution in [2.24, 2.45) is 10.8 Å². The molecule has 0 aliphatic heterocycles. The zero-order chi connectivity index (χ0) is 7.57. The van der Waals surface area contributed by atoms with Gasteiger partial charge in [0, 0.05) is 0 Å². The zero-order valence-corrected chi connectivity index (χ0v) is 6.99. The smallest absolute Gasteiger partial charge is 0.000868 e. The summed E-state index contributed by atoms with van der Waals surface area (Å²) >= 11 is 0. The SMILES string of the molecule is C=C1C[C@]2(C)C=C1C2(C)C. The van der Waals surface area contributed by atoms with E-state index in [-0.39, 0.29) is 0 Å². The van der Waals surface area contributed by atoms with Gasteiger partial charge in [0.15, 0.2) is 0 Å². The molecule has 0 heterocycles. The van der Waals surface area contributed by atoms with Gasteiger partial charge in [0.05, 0.1) is 0 Å². The van der Waals surface area contributed by atoms with Crippen LogP contribution in [0.3, 0.4) is 0 Å². The Morgan fingerprint density at radius 3 is 2.10 bits per heavy atom. The minimum absolute atomic E-state index is 0.421. The fourth-order valence-electron chi connectivity index (χ4n) is 2.26. The van der Waals surface area contributed by atoms with Crippen LogP contribution in [0.5, 0.6) is 0 Å². The summed E-state index contributed by atoms with van der Waals surface area (Å²) in [6.45, 7) is 11.0. The Morgan fingerprint density at radius 2 is 2.00 bits per heavy atom. The van der Waals surface area contributed by atoms with E-state index in [9.17, 15) is 0 Å². The van der Waals surface area contributed by atoms with Crippen LogP contribution in [0.4, 0.5) is 0 Å². The highest BCUT2D eigenvalue weighted by molar-refractivity contribution is 5.54. The average molecular weight is 134 g/mol. The second kappa shape index (κ2) is 1.25. The maximum absolute atomic E-state index is 4.05. The predicted molar refractivity (Wildman–Crippen MR) is 43.7 cm³/mol. The average Bonchev–Trinajstić information content (AvgIpc) is 2.17. The van der Waals surface area contributed by atoms with E-state index in [0.29, 0.717) is 10.8 Å². The first kappa shape index (κ1) is 6.21. The van der Waals surface area contributed by atoms with Crippen LogP contribution in [0.2, 0.25) is 0 Å². The van der Waals surface area contributed by atoms with Gasteiger partial charge in [-0.1, -0.05) is 39.0 Å². The Kier molecular flexibility index (Phi) is 0.776. The summed E-state index contributed by atoms with van der Waals surface area (Å²) in [4.78, 5) is 0. The first-order chi connectivity index (χ1) is 4.47. The molecular formula is C10H14. The van der Waals surface area contributed by atoms with Crippen molar-refractivity contribution in [2.75, 3.05) is 0 Å². The Bertz CT molecular complexity index is 240. The summed E-state index contributed by atoms with van der Waals surface area (Å²) in [5.74, 6) is 0. The van der Waals surface area contributed by atoms with Crippen LogP contribution in [-0.4, -0.2) is 0 Å². The maximum atomic E-state index is 4.05. The molecule has 1 fully saturated rings. The van der Waals surface area contributed by atoms with Crippen LogP contribution < -0.4 is 0 Å². The molecule has 2 bridgehead atoms. The quantitative estimate of drug-likeness (QED) is 0.478. The second-order valence-electron chi connectivity index (χ2n) is 4.38. The molecule has 0 aromatic heterocycles. The van der Waals surface area contributed by atoms with Crippen LogP contribution >= 0.6 is 0 Å². The summed E-state index contributed by atoms with van der Waals surface area (Å²) < 4.78 is 0. The molecule has 0 unspecified atom stereocenters. The van der Waals surface area contributed by atoms with Gasteiger partial charge in [-0.15, -0.1) is 0 Å². The normalized spacial score (nSPS) is 41.1. The lowest BCUT2D eigenvalue weighted by Crippen LogP contribution is -2.36. The van der Waals surface area contributed by atoms with Crippen molar-refractivity contribution < 1.29 is 0 Å². The highest BCUT2D eigenvalue weighted by Crippen LogP contribution is 2.66. The molecule has 54 valence electrons. The predicted octanol–water partition coefficient (Wildman–Crippen LogP) is 2.92. The van der Waals surface area contributed by atoms with Gasteiger partial charge in [-0.2, -0.15) is 0 Å². The molecule has 0 radical (unpaired) electrons. The molecule has 3 aliphatic carbocycles. The molecule has 1 saturated carbocycles. The fourth-order valence-corrected chi connectivity index (χ4v) is 2.26. The number of allylic oxidation sites excluding steroid dienone is 3. The Balaban J connectivity index is 2.53. The molecule has 0 amide bonds. The van der Waals surface area contributed by atoms with Crippen LogP contribution in [0.15, 0.2) is 23.8 Å². The van der Waals surface area contributed by atoms with Gasteiger partial charge in [0.25, 0.3) is 0 Å². The van der Waals surface area contributed by atoms with E-state index in [1.54, 1.807) is 0 Å². The Labute approximate surface area is 62.6 Å². The van der Waals surface area contributed by atoms with E-state index in [4.69, 9.17) is 0 Å². The van der Waals surface area contributed by atoms with Crippen molar-refractivity contribution in [3.05, 3.63) is 23.8 Å². The van der Waals surface area contributed by atoms with Crippen molar-refractivity contribution in [2.45, 2.75) is 27.2 Å². The lowest BCUT2D eigenvalue weighted by Gasteiger charge is -2.44. The number of fused-ring (bicyclic) bond motifs is 1. The van der Waals surface area contributed by atoms with Gasteiger partial charge in [-0.05, 0) is 22.8 Å². The van der Waals surface area contributed by atoms with Crippen LogP contribution in [0, 0.1) is 10.8 Å². The summed E-state index contributed by atoms with van der Waals surface area (Å²) in [6, 6.07) is 0. The highest BCUT2D eigenvalue weighted by atomic mass is 14.6. The topological polar surface area (TPSA) is 0 Å². The second-order valence-corrected chi connectivity index (χ2v) is 4.38. The largest absolute Gasteiger partial charge is 0.0955 e. The van der Waals surface area contributed by atoms with Gasteiger partial charge in [-0.25, -0.2) is 0 Å². The van der Waals surface area contributed by atoms with Crippen molar-refractivity contribution in [3.63, 3.8) is 0 Å². The molecule has 0 heteroatoms. The third-order valence-corrected chi connectivity index (χ3v) is 3.53. The van der Waals surface area contributed by atoms with E-state index in [0.717, 1.165) is 0 Å². The molecular weight excluding hydrogens is 120 g/mol. The molecule has 0 N–H and O–H groups in total. The van der Waals surface area contributed by atoms with Crippen molar-refractivity contribution in [1.82, 2.24) is 0 Å². The summed E-state index contributed by atoms with van der Waals surface area (Å²) in [6.07, 6.45) is 3.57. The van der Waals surface area contributed by atoms with E-state index in [1.165, 1.54) is 17.6 Å². The zero-order valence-electron chi connectivity index (χ0n) is 6.99. The molecule has 0 nitrogen and oxygen atoms in total. The molecule has 10 heavy (non-hydrogen) atoms. The number of hydrogen-bond acceptors (Lipinski definition) is 0. The molecule has 3 rings (SSSR count). The van der Waals surface area contributed by atoms with Crippen molar-refractivity contribution in [3.8, 4) is 0 Å². The van der Waals surface area contributed by atoms with E-state index in [2.05, 4.69) is 33.4 Å². The van der Waals surface area contributed by atoms with E-state index in [1.807, 2.05) is 0 Å². The van der Waals surface area contributed by atoms with Gasteiger partial charge in [0.2, 0.25) is 0 Å². The van der Waals surface area contributed by atoms with Crippen LogP contribution in [-0.2, 0) is 0 Å². The first-order valence-corrected chi connectivity index (χ1v) is 3.89. The Hall–Kier alpha value is -0.520. The molecule has 3 aliphatic rings. The first-order valence-electron chi connectivity index (χ1n) is 3.89. The van der Waals surface area contributed by atoms with Gasteiger partial charge in [-0.3, -0.25) is 0 Å². The van der Waals surface area contributed by atoms with Crippen LogP contribution in [0.25, 0.3) is 0 Å². The van der Waals surface area contributed by atoms with Crippen LogP contribution in [0.1, 0.15) is 27.2 Å². The molecule has 0 spiro atoms. The molecule has 0 aromatic rings.